The van der Waals surface area contributed by atoms with Gasteiger partial charge in [0.25, 0.3) is 5.91 Å². The smallest absolute Gasteiger partial charge is 0.255 e. The zero-order valence-corrected chi connectivity index (χ0v) is 19.3. The largest absolute Gasteiger partial charge is 0.386 e. The average molecular weight is 460 g/mol. The number of piperidine rings is 1. The maximum absolute atomic E-state index is 12.7. The number of carbonyl (C=O) groups is 1. The van der Waals surface area contributed by atoms with E-state index in [0.717, 1.165) is 29.1 Å². The fourth-order valence-electron chi connectivity index (χ4n) is 3.45. The third-order valence-electron chi connectivity index (χ3n) is 5.22. The van der Waals surface area contributed by atoms with E-state index in [1.807, 2.05) is 17.2 Å². The fraction of sp³-hybridized carbons (Fsp3) is 0.429. The van der Waals surface area contributed by atoms with Gasteiger partial charge in [-0.15, -0.1) is 22.7 Å². The molecule has 0 bridgehead atoms. The molecule has 1 aliphatic rings. The molecule has 0 aliphatic carbocycles. The Morgan fingerprint density at radius 1 is 1.32 bits per heavy atom. The molecule has 4 rings (SSSR count). The number of ether oxygens (including phenoxy) is 1. The second-order valence-electron chi connectivity index (χ2n) is 7.46. The molecule has 0 saturated carbocycles. The van der Waals surface area contributed by atoms with E-state index in [9.17, 15) is 9.90 Å². The highest BCUT2D eigenvalue weighted by atomic mass is 32.1. The van der Waals surface area contributed by atoms with Crippen molar-refractivity contribution < 1.29 is 14.6 Å². The summed E-state index contributed by atoms with van der Waals surface area (Å²) in [5.41, 5.74) is 2.25. The summed E-state index contributed by atoms with van der Waals surface area (Å²) in [6.07, 6.45) is 2.97. The number of nitrogens with zero attached hydrogens (tertiary/aromatic N) is 4. The number of aryl methyl sites for hydroxylation is 1. The highest BCUT2D eigenvalue weighted by molar-refractivity contribution is 7.17. The van der Waals surface area contributed by atoms with Crippen LogP contribution in [0.3, 0.4) is 0 Å². The molecule has 3 aromatic heterocycles. The number of likely N-dealkylation sites (tertiary alicyclic amines) is 1. The predicted octanol–water partition coefficient (Wildman–Crippen LogP) is 4.02. The van der Waals surface area contributed by atoms with Crippen molar-refractivity contribution in [1.82, 2.24) is 19.9 Å². The molecule has 4 heterocycles. The van der Waals surface area contributed by atoms with Gasteiger partial charge in [0.15, 0.2) is 5.13 Å². The number of aliphatic hydroxyl groups excluding tert-OH is 1. The minimum Gasteiger partial charge on any atom is -0.386 e. The van der Waals surface area contributed by atoms with Gasteiger partial charge in [0, 0.05) is 31.8 Å². The summed E-state index contributed by atoms with van der Waals surface area (Å²) in [6.45, 7) is 5.02. The van der Waals surface area contributed by atoms with Gasteiger partial charge in [-0.05, 0) is 38.8 Å². The first kappa shape index (κ1) is 21.8. The molecule has 1 fully saturated rings. The summed E-state index contributed by atoms with van der Waals surface area (Å²) in [7, 11) is 1.72. The fourth-order valence-corrected chi connectivity index (χ4v) is 5.20. The second-order valence-corrected chi connectivity index (χ2v) is 9.35. The summed E-state index contributed by atoms with van der Waals surface area (Å²) in [4.78, 5) is 28.9. The Kier molecular flexibility index (Phi) is 6.61. The highest BCUT2D eigenvalue weighted by Gasteiger charge is 2.23. The first-order chi connectivity index (χ1) is 14.9. The van der Waals surface area contributed by atoms with Gasteiger partial charge >= 0.3 is 0 Å². The lowest BCUT2D eigenvalue weighted by molar-refractivity contribution is 0.0350. The number of hydrogen-bond donors (Lipinski definition) is 2. The van der Waals surface area contributed by atoms with Gasteiger partial charge in [-0.25, -0.2) is 15.0 Å². The number of aromatic nitrogens is 3. The lowest BCUT2D eigenvalue weighted by atomic mass is 10.1. The Morgan fingerprint density at radius 3 is 2.71 bits per heavy atom. The maximum atomic E-state index is 12.7. The third-order valence-corrected chi connectivity index (χ3v) is 7.32. The van der Waals surface area contributed by atoms with Crippen LogP contribution in [0.2, 0.25) is 0 Å². The molecular formula is C21H25N5O3S2. The van der Waals surface area contributed by atoms with Crippen LogP contribution >= 0.6 is 22.7 Å². The topological polar surface area (TPSA) is 100 Å². The van der Waals surface area contributed by atoms with E-state index < -0.39 is 6.10 Å². The Balaban J connectivity index is 1.40. The quantitative estimate of drug-likeness (QED) is 0.574. The zero-order chi connectivity index (χ0) is 22.0. The molecule has 0 spiro atoms. The van der Waals surface area contributed by atoms with Crippen LogP contribution < -0.4 is 5.32 Å². The molecule has 1 amide bonds. The van der Waals surface area contributed by atoms with E-state index in [4.69, 9.17) is 4.74 Å². The van der Waals surface area contributed by atoms with Crippen LogP contribution in [0.25, 0.3) is 10.6 Å². The van der Waals surface area contributed by atoms with Gasteiger partial charge in [-0.1, -0.05) is 0 Å². The monoisotopic (exact) mass is 459 g/mol. The molecule has 10 heteroatoms. The Hall–Kier alpha value is -2.40. The first-order valence-corrected chi connectivity index (χ1v) is 11.8. The number of carbonyl (C=O) groups excluding carboxylic acids is 1. The molecule has 8 nitrogen and oxygen atoms in total. The van der Waals surface area contributed by atoms with Crippen LogP contribution in [0, 0.1) is 6.92 Å². The number of methoxy groups -OCH3 is 1. The Labute approximate surface area is 189 Å². The van der Waals surface area contributed by atoms with E-state index in [1.165, 1.54) is 22.7 Å². The highest BCUT2D eigenvalue weighted by Crippen LogP contribution is 2.34. The van der Waals surface area contributed by atoms with Gasteiger partial charge in [0.05, 0.1) is 27.9 Å². The van der Waals surface area contributed by atoms with E-state index in [1.54, 1.807) is 32.4 Å². The average Bonchev–Trinajstić information content (AvgIpc) is 3.40. The van der Waals surface area contributed by atoms with Gasteiger partial charge in [0.2, 0.25) is 0 Å². The second kappa shape index (κ2) is 9.39. The van der Waals surface area contributed by atoms with Crippen LogP contribution in [0.4, 0.5) is 10.9 Å². The van der Waals surface area contributed by atoms with E-state index in [2.05, 4.69) is 20.3 Å². The molecule has 0 radical (unpaired) electrons. The van der Waals surface area contributed by atoms with Crippen molar-refractivity contribution in [3.63, 3.8) is 0 Å². The normalized spacial score (nSPS) is 15.8. The number of rotatable bonds is 6. The van der Waals surface area contributed by atoms with Crippen molar-refractivity contribution >= 4 is 39.5 Å². The number of amides is 1. The lowest BCUT2D eigenvalue weighted by Gasteiger charge is -2.31. The van der Waals surface area contributed by atoms with Crippen molar-refractivity contribution in [2.24, 2.45) is 0 Å². The number of aliphatic hydroxyl groups is 1. The number of pyridine rings is 1. The van der Waals surface area contributed by atoms with Gasteiger partial charge in [0.1, 0.15) is 16.9 Å². The summed E-state index contributed by atoms with van der Waals surface area (Å²) in [6, 6.07) is 3.58. The summed E-state index contributed by atoms with van der Waals surface area (Å²) < 4.78 is 5.37. The molecule has 1 unspecified atom stereocenters. The minimum absolute atomic E-state index is 0.000255. The molecule has 31 heavy (non-hydrogen) atoms. The van der Waals surface area contributed by atoms with Crippen LogP contribution in [-0.4, -0.2) is 57.2 Å². The van der Waals surface area contributed by atoms with E-state index in [0.29, 0.717) is 34.6 Å². The molecule has 1 aliphatic heterocycles. The number of hydrogen-bond acceptors (Lipinski definition) is 9. The molecule has 2 N–H and O–H groups in total. The van der Waals surface area contributed by atoms with Crippen LogP contribution in [0.5, 0.6) is 0 Å². The number of nitrogens with one attached hydrogen (secondary N) is 1. The van der Waals surface area contributed by atoms with Gasteiger partial charge in [-0.2, -0.15) is 0 Å². The van der Waals surface area contributed by atoms with Crippen LogP contribution in [0.15, 0.2) is 23.7 Å². The van der Waals surface area contributed by atoms with Gasteiger partial charge < -0.3 is 20.1 Å². The Morgan fingerprint density at radius 2 is 2.10 bits per heavy atom. The molecule has 1 atom stereocenters. The predicted molar refractivity (Wildman–Crippen MR) is 122 cm³/mol. The van der Waals surface area contributed by atoms with Crippen molar-refractivity contribution in [1.29, 1.82) is 0 Å². The number of anilines is 2. The minimum atomic E-state index is -0.592. The van der Waals surface area contributed by atoms with Crippen molar-refractivity contribution in [3.8, 4) is 10.6 Å². The molecule has 0 aromatic carbocycles. The molecule has 1 saturated heterocycles. The SMILES string of the molecule is COC1CCN(C(=O)c2ccc(Nc3nc(-c4sc(C(C)O)nc4C)cs3)nc2)CC1. The third kappa shape index (κ3) is 4.93. The van der Waals surface area contributed by atoms with E-state index in [-0.39, 0.29) is 12.0 Å². The van der Waals surface area contributed by atoms with Gasteiger partial charge in [-0.3, -0.25) is 4.79 Å². The maximum Gasteiger partial charge on any atom is 0.255 e. The molecule has 164 valence electrons. The standard InChI is InChI=1S/C21H25N5O3S2/c1-12-18(31-19(23-12)13(2)27)16-11-30-21(24-16)25-17-5-4-14(10-22-17)20(28)26-8-6-15(29-3)7-9-26/h4-5,10-11,13,15,27H,6-9H2,1-3H3,(H,22,24,25). The number of thiazole rings is 2. The first-order valence-electron chi connectivity index (χ1n) is 10.1. The summed E-state index contributed by atoms with van der Waals surface area (Å²) in [5.74, 6) is 0.626. The summed E-state index contributed by atoms with van der Waals surface area (Å²) in [5, 5.41) is 16.3. The van der Waals surface area contributed by atoms with Crippen molar-refractivity contribution in [3.05, 3.63) is 40.0 Å². The van der Waals surface area contributed by atoms with Crippen LogP contribution in [0.1, 0.15) is 46.9 Å². The Bertz CT molecular complexity index is 1040. The van der Waals surface area contributed by atoms with Crippen LogP contribution in [-0.2, 0) is 4.74 Å². The summed E-state index contributed by atoms with van der Waals surface area (Å²) >= 11 is 2.92. The zero-order valence-electron chi connectivity index (χ0n) is 17.7. The van der Waals surface area contributed by atoms with Crippen molar-refractivity contribution in [2.75, 3.05) is 25.5 Å². The molecular weight excluding hydrogens is 434 g/mol. The van der Waals surface area contributed by atoms with E-state index >= 15 is 0 Å². The lowest BCUT2D eigenvalue weighted by Crippen LogP contribution is -2.40. The van der Waals surface area contributed by atoms with Crippen molar-refractivity contribution in [2.45, 2.75) is 38.9 Å². The molecule has 3 aromatic rings.